The Morgan fingerprint density at radius 1 is 1.25 bits per heavy atom. The van der Waals surface area contributed by atoms with Gasteiger partial charge >= 0.3 is 6.03 Å². The van der Waals surface area contributed by atoms with Gasteiger partial charge < -0.3 is 0 Å². The van der Waals surface area contributed by atoms with Gasteiger partial charge in [0.15, 0.2) is 0 Å². The normalized spacial score (nSPS) is 10.9. The molecule has 0 spiro atoms. The highest BCUT2D eigenvalue weighted by molar-refractivity contribution is 7.89. The molecule has 0 atom stereocenters. The summed E-state index contributed by atoms with van der Waals surface area (Å²) in [4.78, 5) is 19.0. The first-order valence-electron chi connectivity index (χ1n) is 4.37. The van der Waals surface area contributed by atoms with E-state index < -0.39 is 16.1 Å². The van der Waals surface area contributed by atoms with Crippen molar-refractivity contribution < 1.29 is 13.2 Å². The number of nitrogens with zero attached hydrogens (tertiary/aromatic N) is 2. The minimum absolute atomic E-state index is 0.0682. The van der Waals surface area contributed by atoms with E-state index in [2.05, 4.69) is 15.3 Å². The van der Waals surface area contributed by atoms with Crippen LogP contribution in [0.5, 0.6) is 0 Å². The van der Waals surface area contributed by atoms with Gasteiger partial charge in [-0.25, -0.2) is 27.9 Å². The Bertz CT molecular complexity index is 492. The molecule has 0 saturated carbocycles. The molecule has 1 heterocycles. The number of hydrogen-bond donors (Lipinski definition) is 2. The second-order valence-corrected chi connectivity index (χ2v) is 5.05. The predicted octanol–water partition coefficient (Wildman–Crippen LogP) is 0.175. The maximum Gasteiger partial charge on any atom is 0.335 e. The molecule has 0 aliphatic heterocycles. The fraction of sp³-hybridized carbons (Fsp3) is 0.375. The van der Waals surface area contributed by atoms with Crippen LogP contribution in [0.15, 0.2) is 6.07 Å². The summed E-state index contributed by atoms with van der Waals surface area (Å²) in [6.45, 7) is 3.49. The van der Waals surface area contributed by atoms with Gasteiger partial charge in [-0.3, -0.25) is 5.32 Å². The lowest BCUT2D eigenvalue weighted by molar-refractivity contribution is 0.256. The standard InChI is InChI=1S/C8H12N4O3S/c1-5-4-6(2)10-7(9-5)11-8(13)12-16(3,14)15/h4H,1-3H3,(H2,9,10,11,12,13). The molecule has 88 valence electrons. The largest absolute Gasteiger partial charge is 0.335 e. The third-order valence-corrected chi connectivity index (χ3v) is 2.04. The quantitative estimate of drug-likeness (QED) is 0.772. The van der Waals surface area contributed by atoms with Crippen LogP contribution in [-0.2, 0) is 10.0 Å². The average Bonchev–Trinajstić information content (AvgIpc) is 1.96. The molecule has 1 aromatic rings. The smallest absolute Gasteiger partial charge is 0.275 e. The summed E-state index contributed by atoms with van der Waals surface area (Å²) in [5.74, 6) is 0.0682. The molecule has 7 nitrogen and oxygen atoms in total. The zero-order chi connectivity index (χ0) is 12.3. The number of carbonyl (C=O) groups excluding carboxylic acids is 1. The van der Waals surface area contributed by atoms with Crippen LogP contribution < -0.4 is 10.0 Å². The van der Waals surface area contributed by atoms with Gasteiger partial charge in [-0.2, -0.15) is 0 Å². The van der Waals surface area contributed by atoms with Gasteiger partial charge in [0.25, 0.3) is 0 Å². The number of hydrogen-bond acceptors (Lipinski definition) is 5. The van der Waals surface area contributed by atoms with Crippen molar-refractivity contribution >= 4 is 22.0 Å². The third-order valence-electron chi connectivity index (χ3n) is 1.49. The van der Waals surface area contributed by atoms with Gasteiger partial charge in [-0.05, 0) is 19.9 Å². The van der Waals surface area contributed by atoms with E-state index in [1.807, 2.05) is 0 Å². The Kier molecular flexibility index (Phi) is 3.43. The van der Waals surface area contributed by atoms with Gasteiger partial charge in [0, 0.05) is 11.4 Å². The number of anilines is 1. The number of rotatable bonds is 2. The van der Waals surface area contributed by atoms with E-state index in [4.69, 9.17) is 0 Å². The first-order chi connectivity index (χ1) is 7.26. The Hall–Kier alpha value is -1.70. The molecule has 1 aromatic heterocycles. The average molecular weight is 244 g/mol. The molecule has 0 fully saturated rings. The summed E-state index contributed by atoms with van der Waals surface area (Å²) in [6.07, 6.45) is 0.884. The van der Waals surface area contributed by atoms with E-state index in [0.717, 1.165) is 6.26 Å². The van der Waals surface area contributed by atoms with Crippen LogP contribution in [-0.4, -0.2) is 30.7 Å². The number of amides is 2. The van der Waals surface area contributed by atoms with Crippen LogP contribution in [0.4, 0.5) is 10.7 Å². The second-order valence-electron chi connectivity index (χ2n) is 3.30. The van der Waals surface area contributed by atoms with Crippen molar-refractivity contribution in [3.63, 3.8) is 0 Å². The van der Waals surface area contributed by atoms with Crippen LogP contribution in [0.25, 0.3) is 0 Å². The molecule has 8 heteroatoms. The third kappa shape index (κ3) is 4.22. The van der Waals surface area contributed by atoms with Crippen LogP contribution in [0.2, 0.25) is 0 Å². The molecular formula is C8H12N4O3S. The molecule has 1 rings (SSSR count). The number of carbonyl (C=O) groups is 1. The van der Waals surface area contributed by atoms with E-state index in [1.165, 1.54) is 0 Å². The molecule has 0 saturated heterocycles. The summed E-state index contributed by atoms with van der Waals surface area (Å²) >= 11 is 0. The first kappa shape index (κ1) is 12.4. The van der Waals surface area contributed by atoms with Crippen molar-refractivity contribution in [2.24, 2.45) is 0 Å². The van der Waals surface area contributed by atoms with E-state index in [-0.39, 0.29) is 5.95 Å². The highest BCUT2D eigenvalue weighted by Crippen LogP contribution is 2.03. The molecule has 0 bridgehead atoms. The molecule has 0 aromatic carbocycles. The number of urea groups is 1. The fourth-order valence-electron chi connectivity index (χ4n) is 1.08. The SMILES string of the molecule is Cc1cc(C)nc(NC(=O)NS(C)(=O)=O)n1. The Morgan fingerprint density at radius 3 is 2.19 bits per heavy atom. The Labute approximate surface area is 93.4 Å². The summed E-state index contributed by atoms with van der Waals surface area (Å²) in [5, 5.41) is 2.23. The lowest BCUT2D eigenvalue weighted by Gasteiger charge is -2.05. The van der Waals surface area contributed by atoms with Crippen molar-refractivity contribution in [3.8, 4) is 0 Å². The monoisotopic (exact) mass is 244 g/mol. The van der Waals surface area contributed by atoms with Crippen LogP contribution in [0.1, 0.15) is 11.4 Å². The van der Waals surface area contributed by atoms with E-state index in [9.17, 15) is 13.2 Å². The molecule has 0 radical (unpaired) electrons. The maximum atomic E-state index is 11.2. The minimum atomic E-state index is -3.58. The highest BCUT2D eigenvalue weighted by atomic mass is 32.2. The van der Waals surface area contributed by atoms with Crippen LogP contribution >= 0.6 is 0 Å². The van der Waals surface area contributed by atoms with Gasteiger partial charge in [-0.1, -0.05) is 0 Å². The number of sulfonamides is 1. The molecule has 2 N–H and O–H groups in total. The first-order valence-corrected chi connectivity index (χ1v) is 6.26. The molecular weight excluding hydrogens is 232 g/mol. The second kappa shape index (κ2) is 4.44. The highest BCUT2D eigenvalue weighted by Gasteiger charge is 2.09. The van der Waals surface area contributed by atoms with Gasteiger partial charge in [0.1, 0.15) is 0 Å². The predicted molar refractivity (Wildman–Crippen MR) is 58.5 cm³/mol. The molecule has 0 aliphatic rings. The van der Waals surface area contributed by atoms with Crippen LogP contribution in [0.3, 0.4) is 0 Å². The van der Waals surface area contributed by atoms with Crippen molar-refractivity contribution in [2.75, 3.05) is 11.6 Å². The van der Waals surface area contributed by atoms with Crippen molar-refractivity contribution in [2.45, 2.75) is 13.8 Å². The van der Waals surface area contributed by atoms with E-state index >= 15 is 0 Å². The number of nitrogens with one attached hydrogen (secondary N) is 2. The van der Waals surface area contributed by atoms with Crippen LogP contribution in [0, 0.1) is 13.8 Å². The summed E-state index contributed by atoms with van der Waals surface area (Å²) in [6, 6.07) is 0.854. The number of aromatic nitrogens is 2. The van der Waals surface area contributed by atoms with Crippen molar-refractivity contribution in [1.29, 1.82) is 0 Å². The van der Waals surface area contributed by atoms with E-state index in [0.29, 0.717) is 11.4 Å². The van der Waals surface area contributed by atoms with Gasteiger partial charge in [0.2, 0.25) is 16.0 Å². The van der Waals surface area contributed by atoms with Gasteiger partial charge in [-0.15, -0.1) is 0 Å². The van der Waals surface area contributed by atoms with Crippen molar-refractivity contribution in [3.05, 3.63) is 17.5 Å². The zero-order valence-corrected chi connectivity index (χ0v) is 9.92. The van der Waals surface area contributed by atoms with E-state index in [1.54, 1.807) is 24.6 Å². The Balaban J connectivity index is 2.77. The maximum absolute atomic E-state index is 11.2. The lowest BCUT2D eigenvalue weighted by Crippen LogP contribution is -2.34. The summed E-state index contributed by atoms with van der Waals surface area (Å²) in [7, 11) is -3.58. The summed E-state index contributed by atoms with van der Waals surface area (Å²) in [5.41, 5.74) is 1.37. The van der Waals surface area contributed by atoms with Crippen molar-refractivity contribution in [1.82, 2.24) is 14.7 Å². The molecule has 16 heavy (non-hydrogen) atoms. The summed E-state index contributed by atoms with van der Waals surface area (Å²) < 4.78 is 23.3. The van der Waals surface area contributed by atoms with Gasteiger partial charge in [0.05, 0.1) is 6.26 Å². The lowest BCUT2D eigenvalue weighted by atomic mass is 10.4. The topological polar surface area (TPSA) is 101 Å². The molecule has 0 unspecified atom stereocenters. The zero-order valence-electron chi connectivity index (χ0n) is 9.10. The minimum Gasteiger partial charge on any atom is -0.275 e. The Morgan fingerprint density at radius 2 is 1.75 bits per heavy atom. The molecule has 2 amide bonds. The molecule has 0 aliphatic carbocycles. The number of aryl methyl sites for hydroxylation is 2. The fourth-order valence-corrected chi connectivity index (χ4v) is 1.47.